The molecule has 16 nitrogen and oxygen atoms in total. The summed E-state index contributed by atoms with van der Waals surface area (Å²) in [5, 5.41) is 20.8. The number of phosphoric acid groups is 1. The van der Waals surface area contributed by atoms with E-state index in [9.17, 15) is 152 Å². The number of esters is 2. The van der Waals surface area contributed by atoms with Gasteiger partial charge in [-0.2, -0.15) is 123 Å². The van der Waals surface area contributed by atoms with E-state index in [0.29, 0.717) is 0 Å². The standard InChI is InChI=1S/C28H18F28N5O11P/c29-16(30,18(33,34)21(39,40)23(43,44)25(47,48)27(51,52)53)14(64)68-1-6(71-15(65)17(31,32)19(35,36)20(37,38)22(41,42)24(45,46)26(49,50)28(54,55)56)2-69-73(66,67)70-3-7-9(62)10(63)13(72-7)61-5-60-8-11(57)58-4-59-12(8)61/h4-7,9-10,13,62-63H,1-3H2,(H,66,67)(H2,57,58,59)/t6-,7?,9?,10?,13?/m0/s1. The van der Waals surface area contributed by atoms with Crippen molar-refractivity contribution < 1.29 is 175 Å². The van der Waals surface area contributed by atoms with Gasteiger partial charge in [0.25, 0.3) is 0 Å². The van der Waals surface area contributed by atoms with Gasteiger partial charge >= 0.3 is 97.3 Å². The van der Waals surface area contributed by atoms with Crippen LogP contribution in [0.1, 0.15) is 6.23 Å². The van der Waals surface area contributed by atoms with Gasteiger partial charge in [0.2, 0.25) is 0 Å². The predicted octanol–water partition coefficient (Wildman–Crippen LogP) is 6.73. The molecule has 0 amide bonds. The van der Waals surface area contributed by atoms with Crippen molar-refractivity contribution in [3.63, 3.8) is 0 Å². The molecule has 2 aromatic heterocycles. The van der Waals surface area contributed by atoms with Crippen molar-refractivity contribution in [2.45, 2.75) is 108 Å². The number of aliphatic hydroxyl groups excluding tert-OH is 2. The average molecular weight is 1160 g/mol. The van der Waals surface area contributed by atoms with Crippen molar-refractivity contribution in [1.82, 2.24) is 19.5 Å². The van der Waals surface area contributed by atoms with Crippen LogP contribution in [0.15, 0.2) is 12.7 Å². The first kappa shape index (κ1) is 62.6. The maximum atomic E-state index is 14.6. The highest BCUT2D eigenvalue weighted by molar-refractivity contribution is 7.47. The maximum absolute atomic E-state index is 14.6. The van der Waals surface area contributed by atoms with Gasteiger partial charge in [-0.15, -0.1) is 0 Å². The van der Waals surface area contributed by atoms with Crippen LogP contribution in [0.25, 0.3) is 11.2 Å². The van der Waals surface area contributed by atoms with Gasteiger partial charge in [-0.25, -0.2) is 29.1 Å². The molecular formula is C28H18F28N5O11P. The number of imidazole rings is 1. The molecule has 1 aliphatic rings. The van der Waals surface area contributed by atoms with E-state index >= 15 is 0 Å². The third-order valence-corrected chi connectivity index (χ3v) is 10.2. The summed E-state index contributed by atoms with van der Waals surface area (Å²) in [6, 6.07) is 0. The fourth-order valence-electron chi connectivity index (χ4n) is 5.13. The Morgan fingerprint density at radius 1 is 0.603 bits per heavy atom. The summed E-state index contributed by atoms with van der Waals surface area (Å²) >= 11 is 0. The minimum Gasteiger partial charge on any atom is -0.457 e. The van der Waals surface area contributed by atoms with Crippen LogP contribution in [0.4, 0.5) is 129 Å². The van der Waals surface area contributed by atoms with Gasteiger partial charge in [0, 0.05) is 0 Å². The Labute approximate surface area is 378 Å². The molecule has 0 bridgehead atoms. The fraction of sp³-hybridized carbons (Fsp3) is 0.750. The fourth-order valence-corrected chi connectivity index (χ4v) is 5.89. The number of carbonyl (C=O) groups is 2. The summed E-state index contributed by atoms with van der Waals surface area (Å²) in [5.41, 5.74) is 5.08. The molecule has 5 N–H and O–H groups in total. The van der Waals surface area contributed by atoms with E-state index in [1.54, 1.807) is 0 Å². The zero-order valence-electron chi connectivity index (χ0n) is 33.2. The van der Waals surface area contributed by atoms with Gasteiger partial charge in [-0.05, 0) is 0 Å². The van der Waals surface area contributed by atoms with Crippen molar-refractivity contribution >= 4 is 36.7 Å². The highest BCUT2D eigenvalue weighted by Crippen LogP contribution is 2.63. The molecule has 0 radical (unpaired) electrons. The topological polar surface area (TPSA) is 228 Å². The highest BCUT2D eigenvalue weighted by Gasteiger charge is 2.95. The number of alkyl halides is 28. The zero-order chi connectivity index (χ0) is 57.5. The Balaban J connectivity index is 2.00. The summed E-state index contributed by atoms with van der Waals surface area (Å²) in [6.45, 7) is -7.93. The van der Waals surface area contributed by atoms with Crippen molar-refractivity contribution in [1.29, 1.82) is 0 Å². The lowest BCUT2D eigenvalue weighted by Crippen LogP contribution is -2.73. The molecule has 1 aliphatic heterocycles. The quantitative estimate of drug-likeness (QED) is 0.0578. The summed E-state index contributed by atoms with van der Waals surface area (Å²) < 4.78 is 413. The third kappa shape index (κ3) is 9.90. The molecule has 6 atom stereocenters. The van der Waals surface area contributed by atoms with Crippen LogP contribution in [-0.2, 0) is 37.4 Å². The summed E-state index contributed by atoms with van der Waals surface area (Å²) in [5.74, 6) is -106. The number of phosphoric ester groups is 1. The van der Waals surface area contributed by atoms with Crippen LogP contribution in [0.3, 0.4) is 0 Å². The smallest absolute Gasteiger partial charge is 0.457 e. The van der Waals surface area contributed by atoms with Crippen molar-refractivity contribution in [3.05, 3.63) is 12.7 Å². The van der Waals surface area contributed by atoms with Crippen LogP contribution in [0.2, 0.25) is 0 Å². The molecule has 0 spiro atoms. The van der Waals surface area contributed by atoms with Crippen molar-refractivity contribution in [3.8, 4) is 0 Å². The molecule has 422 valence electrons. The maximum Gasteiger partial charge on any atom is 0.472 e. The second kappa shape index (κ2) is 18.9. The Hall–Kier alpha value is -4.68. The van der Waals surface area contributed by atoms with E-state index in [-0.39, 0.29) is 17.0 Å². The second-order valence-electron chi connectivity index (χ2n) is 14.1. The SMILES string of the molecule is Nc1ncnc2c1ncn2C1OC(COP(=O)(O)OC[C@H](COC(=O)C(F)(F)C(F)(F)C(F)(F)C(F)(F)C(F)(F)C(F)(F)F)OC(=O)C(F)(F)C(F)(F)C(F)(F)C(F)(F)C(F)(F)C(F)(F)C(F)(F)F)C(O)C1O. The molecule has 0 saturated carbocycles. The molecular weight excluding hydrogens is 1150 g/mol. The van der Waals surface area contributed by atoms with Gasteiger partial charge in [0.05, 0.1) is 19.5 Å². The van der Waals surface area contributed by atoms with E-state index in [1.165, 1.54) is 0 Å². The largest absolute Gasteiger partial charge is 0.472 e. The summed E-state index contributed by atoms with van der Waals surface area (Å²) in [4.78, 5) is 44.8. The molecule has 45 heteroatoms. The van der Waals surface area contributed by atoms with E-state index in [1.807, 2.05) is 0 Å². The number of anilines is 1. The summed E-state index contributed by atoms with van der Waals surface area (Å²) in [7, 11) is -6.44. The zero-order valence-corrected chi connectivity index (χ0v) is 34.1. The lowest BCUT2D eigenvalue weighted by atomic mass is 9.91. The molecule has 5 unspecified atom stereocenters. The second-order valence-corrected chi connectivity index (χ2v) is 15.6. The van der Waals surface area contributed by atoms with Crippen LogP contribution < -0.4 is 5.73 Å². The lowest BCUT2D eigenvalue weighted by Gasteiger charge is -2.41. The molecule has 73 heavy (non-hydrogen) atoms. The van der Waals surface area contributed by atoms with Gasteiger partial charge in [0.1, 0.15) is 36.8 Å². The number of fused-ring (bicyclic) bond motifs is 1. The molecule has 2 aromatic rings. The first-order valence-corrected chi connectivity index (χ1v) is 18.9. The van der Waals surface area contributed by atoms with Gasteiger partial charge in [-0.1, -0.05) is 0 Å². The Bertz CT molecular complexity index is 2400. The number of aliphatic hydroxyl groups is 2. The van der Waals surface area contributed by atoms with Crippen LogP contribution in [-0.4, -0.2) is 168 Å². The minimum absolute atomic E-state index is 0.204. The predicted molar refractivity (Wildman–Crippen MR) is 165 cm³/mol. The first-order valence-electron chi connectivity index (χ1n) is 17.4. The van der Waals surface area contributed by atoms with E-state index in [0.717, 1.165) is 17.2 Å². The van der Waals surface area contributed by atoms with Gasteiger partial charge in [-0.3, -0.25) is 13.6 Å². The molecule has 1 saturated heterocycles. The van der Waals surface area contributed by atoms with Crippen molar-refractivity contribution in [2.75, 3.05) is 25.6 Å². The average Bonchev–Trinajstić information content (AvgIpc) is 3.79. The number of aromatic nitrogens is 4. The normalized spacial score (nSPS) is 21.3. The molecule has 3 heterocycles. The van der Waals surface area contributed by atoms with E-state index in [4.69, 9.17) is 10.5 Å². The summed E-state index contributed by atoms with van der Waals surface area (Å²) in [6.07, 6.45) is -27.3. The van der Waals surface area contributed by atoms with Crippen LogP contribution >= 0.6 is 7.82 Å². The first-order chi connectivity index (χ1) is 32.2. The molecule has 0 aliphatic carbocycles. The number of nitrogen functional groups attached to an aromatic ring is 1. The highest BCUT2D eigenvalue weighted by atomic mass is 31.2. The number of nitrogens with two attached hydrogens (primary N) is 1. The Morgan fingerprint density at radius 2 is 1.01 bits per heavy atom. The van der Waals surface area contributed by atoms with Crippen LogP contribution in [0, 0.1) is 0 Å². The monoisotopic (exact) mass is 1160 g/mol. The molecule has 1 fully saturated rings. The third-order valence-electron chi connectivity index (χ3n) is 9.27. The van der Waals surface area contributed by atoms with E-state index < -0.39 is 148 Å². The number of hydrogen-bond donors (Lipinski definition) is 4. The molecule has 0 aromatic carbocycles. The number of nitrogens with zero attached hydrogens (tertiary/aromatic N) is 4. The number of halogens is 28. The number of rotatable bonds is 21. The van der Waals surface area contributed by atoms with Gasteiger partial charge in [0.15, 0.2) is 23.8 Å². The van der Waals surface area contributed by atoms with Crippen molar-refractivity contribution in [2.24, 2.45) is 0 Å². The van der Waals surface area contributed by atoms with E-state index in [2.05, 4.69) is 33.5 Å². The Morgan fingerprint density at radius 3 is 1.45 bits per heavy atom. The Kier molecular flexibility index (Phi) is 16.2. The number of hydrogen-bond acceptors (Lipinski definition) is 14. The lowest BCUT2D eigenvalue weighted by molar-refractivity contribution is -0.450. The number of ether oxygens (including phenoxy) is 3. The van der Waals surface area contributed by atoms with Crippen LogP contribution in [0.5, 0.6) is 0 Å². The number of carbonyl (C=O) groups excluding carboxylic acids is 2. The van der Waals surface area contributed by atoms with Gasteiger partial charge < -0.3 is 35.1 Å². The minimum atomic E-state index is -9.13. The molecule has 3 rings (SSSR count).